The molecule has 2 aromatic heterocycles. The summed E-state index contributed by atoms with van der Waals surface area (Å²) in [6, 6.07) is 3.99. The van der Waals surface area contributed by atoms with Crippen molar-refractivity contribution in [1.82, 2.24) is 9.55 Å². The lowest BCUT2D eigenvalue weighted by molar-refractivity contribution is 0.525. The fourth-order valence-corrected chi connectivity index (χ4v) is 3.76. The Kier molecular flexibility index (Phi) is 2.81. The van der Waals surface area contributed by atoms with Gasteiger partial charge in [-0.3, -0.25) is 0 Å². The molecule has 5 heteroatoms. The van der Waals surface area contributed by atoms with Crippen LogP contribution in [0.15, 0.2) is 16.9 Å². The molecular formula is C11H10BrClN2S. The lowest BCUT2D eigenvalue weighted by Crippen LogP contribution is -2.10. The third-order valence-corrected chi connectivity index (χ3v) is 4.72. The summed E-state index contributed by atoms with van der Waals surface area (Å²) < 4.78 is 4.04. The zero-order valence-corrected chi connectivity index (χ0v) is 11.7. The first-order valence-electron chi connectivity index (χ1n) is 5.26. The summed E-state index contributed by atoms with van der Waals surface area (Å²) in [5.41, 5.74) is 2.44. The number of rotatable bonds is 1. The Morgan fingerprint density at radius 1 is 1.38 bits per heavy atom. The fourth-order valence-electron chi connectivity index (χ4n) is 2.14. The lowest BCUT2D eigenvalue weighted by atomic mass is 10.1. The molecule has 0 spiro atoms. The van der Waals surface area contributed by atoms with E-state index < -0.39 is 0 Å². The SMILES string of the molecule is Clc1ccc(-c2nc(Br)n3c2CCCC3)s1. The third-order valence-electron chi connectivity index (χ3n) is 2.88. The highest BCUT2D eigenvalue weighted by atomic mass is 79.9. The molecular weight excluding hydrogens is 308 g/mol. The average molecular weight is 318 g/mol. The normalized spacial score (nSPS) is 15.1. The van der Waals surface area contributed by atoms with Crippen LogP contribution in [0.4, 0.5) is 0 Å². The standard InChI is InChI=1S/C11H10BrClN2S/c12-11-14-10(8-4-5-9(13)16-8)7-3-1-2-6-15(7)11/h4-5H,1-3,6H2. The Balaban J connectivity index is 2.14. The van der Waals surface area contributed by atoms with Crippen molar-refractivity contribution in [2.24, 2.45) is 0 Å². The van der Waals surface area contributed by atoms with E-state index in [1.165, 1.54) is 23.4 Å². The van der Waals surface area contributed by atoms with Gasteiger partial charge in [0.2, 0.25) is 0 Å². The van der Waals surface area contributed by atoms with Gasteiger partial charge in [-0.25, -0.2) is 4.98 Å². The van der Waals surface area contributed by atoms with Crippen LogP contribution in [-0.2, 0) is 13.0 Å². The van der Waals surface area contributed by atoms with Crippen molar-refractivity contribution in [2.75, 3.05) is 0 Å². The molecule has 1 aliphatic rings. The molecule has 2 aromatic rings. The van der Waals surface area contributed by atoms with Crippen LogP contribution in [0.3, 0.4) is 0 Å². The molecule has 2 nitrogen and oxygen atoms in total. The number of hydrogen-bond donors (Lipinski definition) is 0. The minimum Gasteiger partial charge on any atom is -0.322 e. The molecule has 0 N–H and O–H groups in total. The van der Waals surface area contributed by atoms with Crippen LogP contribution in [0.25, 0.3) is 10.6 Å². The first kappa shape index (κ1) is 10.8. The molecule has 0 saturated carbocycles. The molecule has 1 aliphatic heterocycles. The Hall–Kier alpha value is -0.320. The van der Waals surface area contributed by atoms with Crippen molar-refractivity contribution in [1.29, 1.82) is 0 Å². The van der Waals surface area contributed by atoms with Crippen LogP contribution < -0.4 is 0 Å². The van der Waals surface area contributed by atoms with E-state index in [9.17, 15) is 0 Å². The van der Waals surface area contributed by atoms with E-state index in [1.54, 1.807) is 11.3 Å². The molecule has 0 bridgehead atoms. The van der Waals surface area contributed by atoms with Crippen LogP contribution in [0.2, 0.25) is 4.34 Å². The van der Waals surface area contributed by atoms with Crippen LogP contribution >= 0.6 is 38.9 Å². The summed E-state index contributed by atoms with van der Waals surface area (Å²) in [5.74, 6) is 0. The summed E-state index contributed by atoms with van der Waals surface area (Å²) in [5, 5.41) is 0. The zero-order chi connectivity index (χ0) is 11.1. The van der Waals surface area contributed by atoms with Gasteiger partial charge in [-0.05, 0) is 47.3 Å². The van der Waals surface area contributed by atoms with Gasteiger partial charge in [0, 0.05) is 12.2 Å². The topological polar surface area (TPSA) is 17.8 Å². The number of halogens is 2. The second-order valence-electron chi connectivity index (χ2n) is 3.89. The molecule has 0 amide bonds. The molecule has 3 rings (SSSR count). The molecule has 0 fully saturated rings. The van der Waals surface area contributed by atoms with E-state index in [4.69, 9.17) is 11.6 Å². The van der Waals surface area contributed by atoms with Gasteiger partial charge in [0.15, 0.2) is 4.73 Å². The Bertz CT molecular complexity index is 532. The van der Waals surface area contributed by atoms with E-state index >= 15 is 0 Å². The maximum Gasteiger partial charge on any atom is 0.177 e. The van der Waals surface area contributed by atoms with Crippen LogP contribution in [0.1, 0.15) is 18.5 Å². The summed E-state index contributed by atoms with van der Waals surface area (Å²) in [6.07, 6.45) is 3.61. The van der Waals surface area contributed by atoms with E-state index in [1.807, 2.05) is 6.07 Å². The van der Waals surface area contributed by atoms with Crippen LogP contribution in [0, 0.1) is 0 Å². The maximum absolute atomic E-state index is 5.97. The summed E-state index contributed by atoms with van der Waals surface area (Å²) in [7, 11) is 0. The van der Waals surface area contributed by atoms with Gasteiger partial charge < -0.3 is 4.57 Å². The smallest absolute Gasteiger partial charge is 0.177 e. The maximum atomic E-state index is 5.97. The van der Waals surface area contributed by atoms with Crippen LogP contribution in [-0.4, -0.2) is 9.55 Å². The van der Waals surface area contributed by atoms with Gasteiger partial charge in [-0.15, -0.1) is 11.3 Å². The first-order valence-corrected chi connectivity index (χ1v) is 7.25. The Morgan fingerprint density at radius 2 is 2.25 bits per heavy atom. The predicted molar refractivity (Wildman–Crippen MR) is 71.2 cm³/mol. The number of fused-ring (bicyclic) bond motifs is 1. The van der Waals surface area contributed by atoms with Gasteiger partial charge in [-0.2, -0.15) is 0 Å². The second kappa shape index (κ2) is 4.17. The van der Waals surface area contributed by atoms with Gasteiger partial charge in [-0.1, -0.05) is 11.6 Å². The number of aromatic nitrogens is 2. The van der Waals surface area contributed by atoms with E-state index in [-0.39, 0.29) is 0 Å². The van der Waals surface area contributed by atoms with E-state index in [0.717, 1.165) is 27.7 Å². The largest absolute Gasteiger partial charge is 0.322 e. The van der Waals surface area contributed by atoms with Crippen molar-refractivity contribution < 1.29 is 0 Å². The molecule has 0 saturated heterocycles. The van der Waals surface area contributed by atoms with Crippen molar-refractivity contribution >= 4 is 38.9 Å². The van der Waals surface area contributed by atoms with Crippen molar-refractivity contribution in [2.45, 2.75) is 25.8 Å². The Labute approximate surface area is 111 Å². The van der Waals surface area contributed by atoms with Gasteiger partial charge >= 0.3 is 0 Å². The molecule has 0 aliphatic carbocycles. The van der Waals surface area contributed by atoms with E-state index in [0.29, 0.717) is 0 Å². The van der Waals surface area contributed by atoms with Crippen molar-refractivity contribution in [3.05, 3.63) is 26.9 Å². The number of nitrogens with zero attached hydrogens (tertiary/aromatic N) is 2. The highest BCUT2D eigenvalue weighted by molar-refractivity contribution is 9.10. The molecule has 3 heterocycles. The molecule has 84 valence electrons. The molecule has 0 atom stereocenters. The third kappa shape index (κ3) is 1.73. The summed E-state index contributed by atoms with van der Waals surface area (Å²) >= 11 is 11.1. The minimum absolute atomic E-state index is 0.823. The molecule has 0 unspecified atom stereocenters. The zero-order valence-electron chi connectivity index (χ0n) is 8.54. The lowest BCUT2D eigenvalue weighted by Gasteiger charge is -2.15. The van der Waals surface area contributed by atoms with Gasteiger partial charge in [0.05, 0.1) is 9.21 Å². The molecule has 16 heavy (non-hydrogen) atoms. The van der Waals surface area contributed by atoms with E-state index in [2.05, 4.69) is 31.5 Å². The Morgan fingerprint density at radius 3 is 3.00 bits per heavy atom. The quantitative estimate of drug-likeness (QED) is 0.764. The summed E-state index contributed by atoms with van der Waals surface area (Å²) in [6.45, 7) is 1.07. The summed E-state index contributed by atoms with van der Waals surface area (Å²) in [4.78, 5) is 5.78. The number of thiophene rings is 1. The van der Waals surface area contributed by atoms with Gasteiger partial charge in [0.1, 0.15) is 5.69 Å². The van der Waals surface area contributed by atoms with Crippen LogP contribution in [0.5, 0.6) is 0 Å². The highest BCUT2D eigenvalue weighted by Gasteiger charge is 2.20. The number of imidazole rings is 1. The number of hydrogen-bond acceptors (Lipinski definition) is 2. The fraction of sp³-hybridized carbons (Fsp3) is 0.364. The van der Waals surface area contributed by atoms with Crippen molar-refractivity contribution in [3.8, 4) is 10.6 Å². The molecule has 0 aromatic carbocycles. The highest BCUT2D eigenvalue weighted by Crippen LogP contribution is 2.36. The van der Waals surface area contributed by atoms with Crippen molar-refractivity contribution in [3.63, 3.8) is 0 Å². The molecule has 0 radical (unpaired) electrons. The first-order chi connectivity index (χ1) is 7.75. The minimum atomic E-state index is 0.823. The predicted octanol–water partition coefficient (Wildman–Crippen LogP) is 4.36. The van der Waals surface area contributed by atoms with Gasteiger partial charge in [0.25, 0.3) is 0 Å². The monoisotopic (exact) mass is 316 g/mol. The second-order valence-corrected chi connectivity index (χ2v) is 6.31. The average Bonchev–Trinajstić information content (AvgIpc) is 2.84.